The van der Waals surface area contributed by atoms with Gasteiger partial charge in [-0.15, -0.1) is 0 Å². The fraction of sp³-hybridized carbons (Fsp3) is 0.300. The molecular formula is C10H12O3. The van der Waals surface area contributed by atoms with E-state index in [2.05, 4.69) is 0 Å². The molecule has 0 fully saturated rings. The summed E-state index contributed by atoms with van der Waals surface area (Å²) in [5.41, 5.74) is 2.20. The van der Waals surface area contributed by atoms with Crippen LogP contribution in [0.15, 0.2) is 12.1 Å². The Morgan fingerprint density at radius 2 is 1.85 bits per heavy atom. The zero-order valence-electron chi connectivity index (χ0n) is 7.92. The number of hydrogen-bond acceptors (Lipinski definition) is 2. The fourth-order valence-corrected chi connectivity index (χ4v) is 1.13. The molecule has 0 unspecified atom stereocenters. The number of carboxylic acids is 1. The van der Waals surface area contributed by atoms with E-state index in [9.17, 15) is 4.79 Å². The van der Waals surface area contributed by atoms with Crippen molar-refractivity contribution in [3.8, 4) is 5.75 Å². The number of hydrogen-bond donors (Lipinski definition) is 1. The summed E-state index contributed by atoms with van der Waals surface area (Å²) in [6.45, 7) is 3.80. The second-order valence-corrected chi connectivity index (χ2v) is 2.94. The van der Waals surface area contributed by atoms with Gasteiger partial charge in [-0.3, -0.25) is 0 Å². The fourth-order valence-electron chi connectivity index (χ4n) is 1.13. The van der Waals surface area contributed by atoms with Gasteiger partial charge in [0.05, 0.1) is 7.11 Å². The second kappa shape index (κ2) is 3.47. The largest absolute Gasteiger partial charge is 0.496 e. The van der Waals surface area contributed by atoms with Gasteiger partial charge in [-0.1, -0.05) is 0 Å². The lowest BCUT2D eigenvalue weighted by atomic mass is 10.1. The Labute approximate surface area is 77.0 Å². The van der Waals surface area contributed by atoms with Crippen molar-refractivity contribution in [2.75, 3.05) is 7.11 Å². The molecule has 0 saturated carbocycles. The number of ether oxygens (including phenoxy) is 1. The molecule has 0 aromatic heterocycles. The predicted molar refractivity (Wildman–Crippen MR) is 49.4 cm³/mol. The summed E-state index contributed by atoms with van der Waals surface area (Å²) in [6, 6.07) is 3.36. The van der Waals surface area contributed by atoms with Crippen molar-refractivity contribution >= 4 is 5.97 Å². The van der Waals surface area contributed by atoms with E-state index in [-0.39, 0.29) is 5.56 Å². The van der Waals surface area contributed by atoms with Gasteiger partial charge in [0.1, 0.15) is 11.3 Å². The van der Waals surface area contributed by atoms with Crippen molar-refractivity contribution in [1.29, 1.82) is 0 Å². The van der Waals surface area contributed by atoms with Gasteiger partial charge in [0.15, 0.2) is 0 Å². The lowest BCUT2D eigenvalue weighted by Crippen LogP contribution is -2.01. The highest BCUT2D eigenvalue weighted by molar-refractivity contribution is 5.91. The van der Waals surface area contributed by atoms with Gasteiger partial charge in [0.25, 0.3) is 0 Å². The topological polar surface area (TPSA) is 46.5 Å². The standard InChI is InChI=1S/C10H12O3/c1-6-4-8(10(11)12)9(13-3)5-7(6)2/h4-5H,1-3H3,(H,11,12). The van der Waals surface area contributed by atoms with Crippen molar-refractivity contribution < 1.29 is 14.6 Å². The van der Waals surface area contributed by atoms with Crippen molar-refractivity contribution in [1.82, 2.24) is 0 Å². The number of aryl methyl sites for hydroxylation is 2. The smallest absolute Gasteiger partial charge is 0.339 e. The van der Waals surface area contributed by atoms with Gasteiger partial charge in [-0.05, 0) is 37.1 Å². The molecule has 1 aromatic rings. The molecule has 0 bridgehead atoms. The third kappa shape index (κ3) is 1.80. The van der Waals surface area contributed by atoms with E-state index in [1.54, 1.807) is 12.1 Å². The normalized spacial score (nSPS) is 9.77. The number of benzene rings is 1. The summed E-state index contributed by atoms with van der Waals surface area (Å²) in [5.74, 6) is -0.546. The van der Waals surface area contributed by atoms with Crippen molar-refractivity contribution in [2.24, 2.45) is 0 Å². The van der Waals surface area contributed by atoms with Crippen LogP contribution in [0.1, 0.15) is 21.5 Å². The van der Waals surface area contributed by atoms with Crippen LogP contribution in [0.2, 0.25) is 0 Å². The van der Waals surface area contributed by atoms with E-state index in [1.807, 2.05) is 13.8 Å². The molecule has 0 heterocycles. The number of carbonyl (C=O) groups is 1. The van der Waals surface area contributed by atoms with Crippen LogP contribution in [0, 0.1) is 13.8 Å². The van der Waals surface area contributed by atoms with Crippen LogP contribution in [0.25, 0.3) is 0 Å². The van der Waals surface area contributed by atoms with Gasteiger partial charge in [-0.25, -0.2) is 4.79 Å². The average molecular weight is 180 g/mol. The minimum atomic E-state index is -0.958. The maximum absolute atomic E-state index is 10.8. The average Bonchev–Trinajstić information content (AvgIpc) is 2.08. The number of carboxylic acid groups (broad SMARTS) is 1. The highest BCUT2D eigenvalue weighted by Gasteiger charge is 2.11. The molecular weight excluding hydrogens is 168 g/mol. The lowest BCUT2D eigenvalue weighted by Gasteiger charge is -2.07. The third-order valence-corrected chi connectivity index (χ3v) is 2.05. The quantitative estimate of drug-likeness (QED) is 0.757. The van der Waals surface area contributed by atoms with Crippen LogP contribution >= 0.6 is 0 Å². The SMILES string of the molecule is COc1cc(C)c(C)cc1C(=O)O. The Hall–Kier alpha value is -1.51. The first kappa shape index (κ1) is 9.58. The summed E-state index contributed by atoms with van der Waals surface area (Å²) < 4.78 is 4.96. The Morgan fingerprint density at radius 3 is 2.31 bits per heavy atom. The molecule has 1 N–H and O–H groups in total. The molecule has 13 heavy (non-hydrogen) atoms. The predicted octanol–water partition coefficient (Wildman–Crippen LogP) is 2.01. The number of methoxy groups -OCH3 is 1. The summed E-state index contributed by atoms with van der Waals surface area (Å²) in [7, 11) is 1.47. The summed E-state index contributed by atoms with van der Waals surface area (Å²) >= 11 is 0. The Kier molecular flexibility index (Phi) is 2.56. The number of rotatable bonds is 2. The van der Waals surface area contributed by atoms with E-state index < -0.39 is 5.97 Å². The molecule has 0 atom stereocenters. The molecule has 1 aromatic carbocycles. The van der Waals surface area contributed by atoms with Crippen LogP contribution in [0.4, 0.5) is 0 Å². The van der Waals surface area contributed by atoms with Gasteiger partial charge >= 0.3 is 5.97 Å². The first-order chi connectivity index (χ1) is 6.06. The van der Waals surface area contributed by atoms with Crippen LogP contribution in [-0.4, -0.2) is 18.2 Å². The Morgan fingerprint density at radius 1 is 1.31 bits per heavy atom. The van der Waals surface area contributed by atoms with Crippen LogP contribution < -0.4 is 4.74 Å². The van der Waals surface area contributed by atoms with Crippen molar-refractivity contribution in [3.63, 3.8) is 0 Å². The minimum Gasteiger partial charge on any atom is -0.496 e. The van der Waals surface area contributed by atoms with Crippen LogP contribution in [0.3, 0.4) is 0 Å². The highest BCUT2D eigenvalue weighted by Crippen LogP contribution is 2.22. The van der Waals surface area contributed by atoms with Crippen molar-refractivity contribution in [2.45, 2.75) is 13.8 Å². The molecule has 0 saturated heterocycles. The highest BCUT2D eigenvalue weighted by atomic mass is 16.5. The maximum atomic E-state index is 10.8. The van der Waals surface area contributed by atoms with Gasteiger partial charge < -0.3 is 9.84 Å². The maximum Gasteiger partial charge on any atom is 0.339 e. The molecule has 0 aliphatic rings. The van der Waals surface area contributed by atoms with Crippen LogP contribution in [0.5, 0.6) is 5.75 Å². The summed E-state index contributed by atoms with van der Waals surface area (Å²) in [5, 5.41) is 8.83. The second-order valence-electron chi connectivity index (χ2n) is 2.94. The molecule has 0 aliphatic carbocycles. The number of aromatic carboxylic acids is 1. The zero-order valence-corrected chi connectivity index (χ0v) is 7.92. The van der Waals surface area contributed by atoms with E-state index in [1.165, 1.54) is 7.11 Å². The van der Waals surface area contributed by atoms with Gasteiger partial charge in [-0.2, -0.15) is 0 Å². The molecule has 3 nitrogen and oxygen atoms in total. The van der Waals surface area contributed by atoms with E-state index in [0.717, 1.165) is 11.1 Å². The molecule has 70 valence electrons. The molecule has 3 heteroatoms. The molecule has 0 spiro atoms. The van der Waals surface area contributed by atoms with Gasteiger partial charge in [0.2, 0.25) is 0 Å². The first-order valence-corrected chi connectivity index (χ1v) is 3.94. The summed E-state index contributed by atoms with van der Waals surface area (Å²) in [6.07, 6.45) is 0. The monoisotopic (exact) mass is 180 g/mol. The molecule has 1 rings (SSSR count). The summed E-state index contributed by atoms with van der Waals surface area (Å²) in [4.78, 5) is 10.8. The third-order valence-electron chi connectivity index (χ3n) is 2.05. The lowest BCUT2D eigenvalue weighted by molar-refractivity contribution is 0.0693. The van der Waals surface area contributed by atoms with E-state index in [4.69, 9.17) is 9.84 Å². The van der Waals surface area contributed by atoms with Gasteiger partial charge in [0, 0.05) is 0 Å². The molecule has 0 amide bonds. The van der Waals surface area contributed by atoms with Crippen LogP contribution in [-0.2, 0) is 0 Å². The zero-order chi connectivity index (χ0) is 10.0. The molecule has 0 radical (unpaired) electrons. The van der Waals surface area contributed by atoms with Crippen molar-refractivity contribution in [3.05, 3.63) is 28.8 Å². The Bertz CT molecular complexity index is 342. The minimum absolute atomic E-state index is 0.214. The van der Waals surface area contributed by atoms with E-state index >= 15 is 0 Å². The Balaban J connectivity index is 3.33. The first-order valence-electron chi connectivity index (χ1n) is 3.94. The van der Waals surface area contributed by atoms with E-state index in [0.29, 0.717) is 5.75 Å². The molecule has 0 aliphatic heterocycles.